The first-order valence-corrected chi connectivity index (χ1v) is 7.57. The molecule has 20 heavy (non-hydrogen) atoms. The summed E-state index contributed by atoms with van der Waals surface area (Å²) in [7, 11) is 3.97. The normalized spacial score (nSPS) is 12.9. The molecule has 0 amide bonds. The highest BCUT2D eigenvalue weighted by Gasteiger charge is 2.17. The van der Waals surface area contributed by atoms with Gasteiger partial charge in [0.15, 0.2) is 0 Å². The third-order valence-corrected chi connectivity index (χ3v) is 4.37. The lowest BCUT2D eigenvalue weighted by Crippen LogP contribution is -2.19. The van der Waals surface area contributed by atoms with E-state index in [1.807, 2.05) is 31.8 Å². The molecule has 1 unspecified atom stereocenters. The average molecular weight is 286 g/mol. The summed E-state index contributed by atoms with van der Waals surface area (Å²) in [5, 5.41) is 12.5. The lowest BCUT2D eigenvalue weighted by molar-refractivity contribution is 0.567. The second-order valence-corrected chi connectivity index (χ2v) is 5.99. The Morgan fingerprint density at radius 1 is 1.35 bits per heavy atom. The van der Waals surface area contributed by atoms with Crippen LogP contribution >= 0.6 is 11.3 Å². The van der Waals surface area contributed by atoms with E-state index < -0.39 is 0 Å². The van der Waals surface area contributed by atoms with Crippen LogP contribution < -0.4 is 5.32 Å². The van der Waals surface area contributed by atoms with Crippen molar-refractivity contribution in [1.29, 1.82) is 0 Å². The highest BCUT2D eigenvalue weighted by Crippen LogP contribution is 2.24. The number of rotatable bonds is 4. The molecule has 2 heterocycles. The summed E-state index contributed by atoms with van der Waals surface area (Å²) in [5.41, 5.74) is 3.39. The molecule has 0 radical (unpaired) electrons. The average Bonchev–Trinajstić information content (AvgIpc) is 3.01. The van der Waals surface area contributed by atoms with Gasteiger partial charge in [-0.15, -0.1) is 11.3 Å². The van der Waals surface area contributed by atoms with Gasteiger partial charge >= 0.3 is 0 Å². The van der Waals surface area contributed by atoms with E-state index in [1.54, 1.807) is 11.3 Å². The van der Waals surface area contributed by atoms with Crippen molar-refractivity contribution in [2.24, 2.45) is 7.05 Å². The van der Waals surface area contributed by atoms with Gasteiger partial charge in [-0.1, -0.05) is 18.2 Å². The fraction of sp³-hybridized carbons (Fsp3) is 0.333. The molecule has 0 spiro atoms. The van der Waals surface area contributed by atoms with E-state index in [2.05, 4.69) is 39.0 Å². The van der Waals surface area contributed by atoms with Crippen LogP contribution in [-0.4, -0.2) is 21.8 Å². The Balaban J connectivity index is 1.95. The second-order valence-electron chi connectivity index (χ2n) is 4.92. The van der Waals surface area contributed by atoms with Gasteiger partial charge in [-0.05, 0) is 20.0 Å². The van der Waals surface area contributed by atoms with Crippen LogP contribution in [0.2, 0.25) is 0 Å². The van der Waals surface area contributed by atoms with Crippen LogP contribution in [0.5, 0.6) is 0 Å². The highest BCUT2D eigenvalue weighted by molar-refractivity contribution is 7.09. The molecule has 2 aromatic heterocycles. The minimum atomic E-state index is 0.207. The van der Waals surface area contributed by atoms with Crippen LogP contribution in [-0.2, 0) is 13.5 Å². The topological polar surface area (TPSA) is 42.7 Å². The molecule has 1 atom stereocenters. The Morgan fingerprint density at radius 2 is 2.15 bits per heavy atom. The highest BCUT2D eigenvalue weighted by atomic mass is 32.1. The minimum Gasteiger partial charge on any atom is -0.311 e. The number of thiazole rings is 1. The Morgan fingerprint density at radius 3 is 2.85 bits per heavy atom. The van der Waals surface area contributed by atoms with Crippen molar-refractivity contribution >= 4 is 22.2 Å². The quantitative estimate of drug-likeness (QED) is 0.802. The van der Waals surface area contributed by atoms with Crippen molar-refractivity contribution in [3.8, 4) is 0 Å². The monoisotopic (exact) mass is 286 g/mol. The fourth-order valence-corrected chi connectivity index (χ4v) is 3.19. The van der Waals surface area contributed by atoms with Crippen LogP contribution in [0.25, 0.3) is 10.9 Å². The van der Waals surface area contributed by atoms with Crippen molar-refractivity contribution in [3.05, 3.63) is 46.0 Å². The van der Waals surface area contributed by atoms with Gasteiger partial charge < -0.3 is 5.32 Å². The summed E-state index contributed by atoms with van der Waals surface area (Å²) in [5.74, 6) is 0. The third-order valence-electron chi connectivity index (χ3n) is 3.57. The van der Waals surface area contributed by atoms with E-state index in [4.69, 9.17) is 0 Å². The number of benzene rings is 1. The Kier molecular flexibility index (Phi) is 3.54. The number of para-hydroxylation sites is 1. The standard InChI is InChI=1S/C15H18N4S/c1-10-17-14(9-20-10)13(16-2)8-12-11-6-4-5-7-15(11)19(3)18-12/h4-7,9,13,16H,8H2,1-3H3. The van der Waals surface area contributed by atoms with Crippen LogP contribution in [0.1, 0.15) is 22.4 Å². The Hall–Kier alpha value is -1.72. The molecule has 0 bridgehead atoms. The molecule has 0 aliphatic heterocycles. The first-order chi connectivity index (χ1) is 9.69. The van der Waals surface area contributed by atoms with Crippen molar-refractivity contribution in [1.82, 2.24) is 20.1 Å². The summed E-state index contributed by atoms with van der Waals surface area (Å²) in [6.45, 7) is 2.04. The van der Waals surface area contributed by atoms with Gasteiger partial charge in [0.25, 0.3) is 0 Å². The van der Waals surface area contributed by atoms with Gasteiger partial charge in [-0.25, -0.2) is 4.98 Å². The zero-order valence-corrected chi connectivity index (χ0v) is 12.7. The molecule has 104 valence electrons. The van der Waals surface area contributed by atoms with E-state index in [-0.39, 0.29) is 6.04 Å². The molecule has 0 aliphatic carbocycles. The number of aryl methyl sites for hydroxylation is 2. The van der Waals surface area contributed by atoms with Crippen molar-refractivity contribution < 1.29 is 0 Å². The largest absolute Gasteiger partial charge is 0.311 e. The van der Waals surface area contributed by atoms with Gasteiger partial charge in [0.1, 0.15) is 0 Å². The maximum absolute atomic E-state index is 4.66. The molecule has 0 saturated carbocycles. The lowest BCUT2D eigenvalue weighted by atomic mass is 10.1. The Labute approximate surface area is 122 Å². The van der Waals surface area contributed by atoms with E-state index in [1.165, 1.54) is 10.9 Å². The number of nitrogens with one attached hydrogen (secondary N) is 1. The number of hydrogen-bond acceptors (Lipinski definition) is 4. The summed E-state index contributed by atoms with van der Waals surface area (Å²) >= 11 is 1.69. The SMILES string of the molecule is CNC(Cc1nn(C)c2ccccc12)c1csc(C)n1. The number of hydrogen-bond donors (Lipinski definition) is 1. The van der Waals surface area contributed by atoms with Crippen molar-refractivity contribution in [2.45, 2.75) is 19.4 Å². The molecule has 0 aliphatic rings. The fourth-order valence-electron chi connectivity index (χ4n) is 2.53. The second kappa shape index (κ2) is 5.34. The minimum absolute atomic E-state index is 0.207. The molecular weight excluding hydrogens is 268 g/mol. The third kappa shape index (κ3) is 2.34. The molecule has 0 saturated heterocycles. The van der Waals surface area contributed by atoms with Crippen molar-refractivity contribution in [3.63, 3.8) is 0 Å². The molecule has 5 heteroatoms. The van der Waals surface area contributed by atoms with Gasteiger partial charge in [0, 0.05) is 24.2 Å². The van der Waals surface area contributed by atoms with Crippen LogP contribution in [0.3, 0.4) is 0 Å². The van der Waals surface area contributed by atoms with Gasteiger partial charge in [-0.2, -0.15) is 5.10 Å². The molecule has 3 rings (SSSR count). The van der Waals surface area contributed by atoms with E-state index in [0.717, 1.165) is 22.8 Å². The number of nitrogens with zero attached hydrogens (tertiary/aromatic N) is 3. The Bertz CT molecular complexity index is 728. The molecule has 4 nitrogen and oxygen atoms in total. The zero-order valence-electron chi connectivity index (χ0n) is 11.9. The van der Waals surface area contributed by atoms with Crippen LogP contribution in [0, 0.1) is 6.92 Å². The van der Waals surface area contributed by atoms with Gasteiger partial charge in [0.2, 0.25) is 0 Å². The van der Waals surface area contributed by atoms with Crippen LogP contribution in [0.4, 0.5) is 0 Å². The predicted molar refractivity (Wildman–Crippen MR) is 83.1 cm³/mol. The molecular formula is C15H18N4S. The van der Waals surface area contributed by atoms with Crippen LogP contribution in [0.15, 0.2) is 29.6 Å². The molecule has 1 aromatic carbocycles. The molecule has 3 aromatic rings. The first kappa shape index (κ1) is 13.3. The van der Waals surface area contributed by atoms with E-state index in [9.17, 15) is 0 Å². The van der Waals surface area contributed by atoms with Gasteiger partial charge in [-0.3, -0.25) is 4.68 Å². The first-order valence-electron chi connectivity index (χ1n) is 6.69. The molecule has 0 fully saturated rings. The van der Waals surface area contributed by atoms with E-state index in [0.29, 0.717) is 0 Å². The summed E-state index contributed by atoms with van der Waals surface area (Å²) in [6.07, 6.45) is 0.848. The summed E-state index contributed by atoms with van der Waals surface area (Å²) < 4.78 is 1.95. The maximum Gasteiger partial charge on any atom is 0.0898 e. The smallest absolute Gasteiger partial charge is 0.0898 e. The maximum atomic E-state index is 4.66. The summed E-state index contributed by atoms with van der Waals surface area (Å²) in [4.78, 5) is 4.59. The zero-order chi connectivity index (χ0) is 14.1. The number of fused-ring (bicyclic) bond motifs is 1. The van der Waals surface area contributed by atoms with Crippen molar-refractivity contribution in [2.75, 3.05) is 7.05 Å². The van der Waals surface area contributed by atoms with Gasteiger partial charge in [0.05, 0.1) is 28.0 Å². The number of aromatic nitrogens is 3. The number of likely N-dealkylation sites (N-methyl/N-ethyl adjacent to an activating group) is 1. The van der Waals surface area contributed by atoms with E-state index >= 15 is 0 Å². The summed E-state index contributed by atoms with van der Waals surface area (Å²) in [6, 6.07) is 8.56. The molecule has 1 N–H and O–H groups in total. The lowest BCUT2D eigenvalue weighted by Gasteiger charge is -2.12. The predicted octanol–water partition coefficient (Wildman–Crippen LogP) is 2.84.